The molecule has 2 saturated heterocycles. The lowest BCUT2D eigenvalue weighted by Gasteiger charge is -2.39. The Kier molecular flexibility index (Phi) is 12.6. The molecule has 65 heavy (non-hydrogen) atoms. The van der Waals surface area contributed by atoms with Gasteiger partial charge in [-0.1, -0.05) is 66.2 Å². The summed E-state index contributed by atoms with van der Waals surface area (Å²) in [5.74, 6) is -1.07. The number of nitrogens with zero attached hydrogens (tertiary/aromatic N) is 2. The third kappa shape index (κ3) is 9.15. The Hall–Kier alpha value is -6.35. The number of aryl methyl sites for hydroxylation is 3. The second-order valence-corrected chi connectivity index (χ2v) is 19.5. The van der Waals surface area contributed by atoms with Crippen LogP contribution in [0.1, 0.15) is 82.7 Å². The second kappa shape index (κ2) is 18.6. The number of rotatable bonds is 15. The molecule has 5 aromatic carbocycles. The highest BCUT2D eigenvalue weighted by Crippen LogP contribution is 2.49. The molecule has 5 aromatic rings. The van der Waals surface area contributed by atoms with Gasteiger partial charge in [-0.15, -0.1) is 0 Å². The van der Waals surface area contributed by atoms with E-state index in [4.69, 9.17) is 0 Å². The number of carbonyl (C=O) groups excluding carboxylic acids is 4. The highest BCUT2D eigenvalue weighted by molar-refractivity contribution is 7.89. The third-order valence-electron chi connectivity index (χ3n) is 13.4. The predicted molar refractivity (Wildman–Crippen MR) is 250 cm³/mol. The van der Waals surface area contributed by atoms with Gasteiger partial charge in [-0.25, -0.2) is 8.42 Å². The quantitative estimate of drug-likeness (QED) is 0.0549. The summed E-state index contributed by atoms with van der Waals surface area (Å²) >= 11 is 0. The predicted octanol–water partition coefficient (Wildman–Crippen LogP) is 6.97. The smallest absolute Gasteiger partial charge is 0.255 e. The third-order valence-corrected chi connectivity index (χ3v) is 15.3. The molecule has 4 amide bonds. The molecule has 0 bridgehead atoms. The highest BCUT2D eigenvalue weighted by atomic mass is 32.2. The lowest BCUT2D eigenvalue weighted by atomic mass is 9.82. The van der Waals surface area contributed by atoms with Gasteiger partial charge in [-0.05, 0) is 122 Å². The number of sulfonamides is 1. The Balaban J connectivity index is 0.758. The van der Waals surface area contributed by atoms with Crippen LogP contribution in [0, 0.1) is 12.8 Å². The largest absolute Gasteiger partial charge is 0.394 e. The topological polar surface area (TPSA) is 177 Å². The van der Waals surface area contributed by atoms with Crippen LogP contribution in [0.25, 0.3) is 11.1 Å². The van der Waals surface area contributed by atoms with E-state index in [1.807, 2.05) is 73.7 Å². The molecule has 336 valence electrons. The fraction of sp³-hybridized carbons (Fsp3) is 0.333. The van der Waals surface area contributed by atoms with Crippen LogP contribution >= 0.6 is 0 Å². The van der Waals surface area contributed by atoms with Crippen LogP contribution in [0.2, 0.25) is 0 Å². The zero-order chi connectivity index (χ0) is 45.2. The number of anilines is 3. The minimum atomic E-state index is -3.79. The van der Waals surface area contributed by atoms with Crippen molar-refractivity contribution in [2.45, 2.75) is 87.9 Å². The van der Waals surface area contributed by atoms with E-state index < -0.39 is 28.0 Å². The number of hydrogen-bond donors (Lipinski definition) is 5. The van der Waals surface area contributed by atoms with E-state index in [9.17, 15) is 32.7 Å². The van der Waals surface area contributed by atoms with E-state index in [0.717, 1.165) is 64.0 Å². The van der Waals surface area contributed by atoms with E-state index in [1.54, 1.807) is 27.4 Å². The maximum absolute atomic E-state index is 14.0. The zero-order valence-electron chi connectivity index (χ0n) is 36.4. The molecule has 4 aliphatic heterocycles. The van der Waals surface area contributed by atoms with Gasteiger partial charge in [0.05, 0.1) is 23.6 Å². The fourth-order valence-corrected chi connectivity index (χ4v) is 11.6. The van der Waals surface area contributed by atoms with Crippen molar-refractivity contribution in [2.75, 3.05) is 35.6 Å². The first-order chi connectivity index (χ1) is 31.5. The van der Waals surface area contributed by atoms with Gasteiger partial charge in [-0.2, -0.15) is 4.31 Å². The summed E-state index contributed by atoms with van der Waals surface area (Å²) in [6.07, 6.45) is 4.75. The van der Waals surface area contributed by atoms with Crippen LogP contribution in [-0.2, 0) is 43.8 Å². The zero-order valence-corrected chi connectivity index (χ0v) is 37.2. The maximum atomic E-state index is 14.0. The SMILES string of the molecule is Cc1ccc(S(=O)(=O)N2CC[C@@H]3[C@H](CO)Nc4ccc(-c5cccc(NC(=O)CCCc6ccc(CCCNc7cccc8c7CN(C7CCC(=O)NC7=O)C8=O)cc6)c5)cc4[C@@H]32)cc1. The Labute approximate surface area is 379 Å². The molecular formula is C51H54N6O7S. The first-order valence-corrected chi connectivity index (χ1v) is 24.0. The fourth-order valence-electron chi connectivity index (χ4n) is 9.91. The first kappa shape index (κ1) is 43.9. The Morgan fingerprint density at radius 1 is 0.846 bits per heavy atom. The monoisotopic (exact) mass is 894 g/mol. The summed E-state index contributed by atoms with van der Waals surface area (Å²) in [5, 5.41) is 22.7. The molecule has 0 aromatic heterocycles. The van der Waals surface area contributed by atoms with E-state index in [2.05, 4.69) is 45.5 Å². The number of hydrogen-bond acceptors (Lipinski definition) is 9. The van der Waals surface area contributed by atoms with Gasteiger partial charge in [0.25, 0.3) is 5.91 Å². The molecule has 0 spiro atoms. The number of aliphatic hydroxyl groups is 1. The standard InChI is InChI=1S/C51H54N6O7S/c1-32-13-20-38(21-14-32)65(63,64)57-27-25-40-45(31-58)54-44-22-19-36(29-41(44)49(40)57)35-8-3-9-37(28-35)53-47(59)12-2-6-33-15-17-34(18-16-33)7-5-26-52-43-11-4-10-39-42(43)30-56(51(39)62)46-23-24-48(60)55-50(46)61/h3-4,8-11,13-22,28-29,40,45-46,49,52,54,58H,2,5-7,12,23-27,30-31H2,1H3,(H,53,59)(H,55,60,61)/t40-,45+,46?,49-/m1/s1. The maximum Gasteiger partial charge on any atom is 0.255 e. The molecule has 14 heteroatoms. The van der Waals surface area contributed by atoms with Crippen molar-refractivity contribution < 1.29 is 32.7 Å². The number of aliphatic hydroxyl groups excluding tert-OH is 1. The van der Waals surface area contributed by atoms with Crippen LogP contribution < -0.4 is 21.3 Å². The Morgan fingerprint density at radius 3 is 2.34 bits per heavy atom. The van der Waals surface area contributed by atoms with Crippen molar-refractivity contribution in [3.8, 4) is 11.1 Å². The van der Waals surface area contributed by atoms with Gasteiger partial charge in [0, 0.05) is 66.6 Å². The van der Waals surface area contributed by atoms with Crippen LogP contribution in [0.5, 0.6) is 0 Å². The molecule has 13 nitrogen and oxygen atoms in total. The molecule has 4 atom stereocenters. The van der Waals surface area contributed by atoms with Gasteiger partial charge in [0.15, 0.2) is 0 Å². The summed E-state index contributed by atoms with van der Waals surface area (Å²) < 4.78 is 29.6. The summed E-state index contributed by atoms with van der Waals surface area (Å²) in [6.45, 7) is 3.23. The van der Waals surface area contributed by atoms with Gasteiger partial charge >= 0.3 is 0 Å². The van der Waals surface area contributed by atoms with Crippen molar-refractivity contribution in [3.05, 3.63) is 143 Å². The molecule has 1 unspecified atom stereocenters. The number of nitrogens with one attached hydrogen (secondary N) is 4. The average molecular weight is 895 g/mol. The van der Waals surface area contributed by atoms with Crippen molar-refractivity contribution in [2.24, 2.45) is 5.92 Å². The summed E-state index contributed by atoms with van der Waals surface area (Å²) in [7, 11) is -3.79. The number of amides is 4. The summed E-state index contributed by atoms with van der Waals surface area (Å²) in [4.78, 5) is 52.2. The second-order valence-electron chi connectivity index (χ2n) is 17.6. The van der Waals surface area contributed by atoms with Crippen molar-refractivity contribution in [1.82, 2.24) is 14.5 Å². The molecular weight excluding hydrogens is 841 g/mol. The van der Waals surface area contributed by atoms with Crippen LogP contribution in [0.15, 0.2) is 114 Å². The summed E-state index contributed by atoms with van der Waals surface area (Å²) in [5.41, 5.74) is 9.87. The number of imide groups is 1. The van der Waals surface area contributed by atoms with Gasteiger partial charge in [0.1, 0.15) is 6.04 Å². The van der Waals surface area contributed by atoms with E-state index in [1.165, 1.54) is 5.56 Å². The van der Waals surface area contributed by atoms with Crippen molar-refractivity contribution >= 4 is 50.7 Å². The molecule has 0 saturated carbocycles. The Bertz CT molecular complexity index is 2740. The van der Waals surface area contributed by atoms with Gasteiger partial charge in [0.2, 0.25) is 27.7 Å². The van der Waals surface area contributed by atoms with Crippen LogP contribution in [-0.4, -0.2) is 78.1 Å². The molecule has 0 aliphatic carbocycles. The molecule has 0 radical (unpaired) electrons. The number of fused-ring (bicyclic) bond motifs is 4. The molecule has 2 fully saturated rings. The van der Waals surface area contributed by atoms with E-state index >= 15 is 0 Å². The lowest BCUT2D eigenvalue weighted by Crippen LogP contribution is -2.52. The van der Waals surface area contributed by atoms with Crippen molar-refractivity contribution in [3.63, 3.8) is 0 Å². The first-order valence-electron chi connectivity index (χ1n) is 22.6. The molecule has 4 aliphatic rings. The van der Waals surface area contributed by atoms with E-state index in [0.29, 0.717) is 56.6 Å². The average Bonchev–Trinajstić information content (AvgIpc) is 3.91. The molecule has 9 rings (SSSR count). The minimum Gasteiger partial charge on any atom is -0.394 e. The number of carbonyl (C=O) groups is 4. The highest BCUT2D eigenvalue weighted by Gasteiger charge is 2.48. The minimum absolute atomic E-state index is 0.0705. The van der Waals surface area contributed by atoms with Crippen molar-refractivity contribution in [1.29, 1.82) is 0 Å². The number of benzene rings is 5. The molecule has 4 heterocycles. The normalized spacial score (nSPS) is 20.4. The summed E-state index contributed by atoms with van der Waals surface area (Å²) in [6, 6.07) is 33.4. The van der Waals surface area contributed by atoms with Crippen LogP contribution in [0.3, 0.4) is 0 Å². The lowest BCUT2D eigenvalue weighted by molar-refractivity contribution is -0.137. The van der Waals surface area contributed by atoms with E-state index in [-0.39, 0.29) is 47.6 Å². The molecule has 5 N–H and O–H groups in total. The van der Waals surface area contributed by atoms with Gasteiger partial charge in [-0.3, -0.25) is 24.5 Å². The Morgan fingerprint density at radius 2 is 1.58 bits per heavy atom. The number of piperidine rings is 1. The van der Waals surface area contributed by atoms with Gasteiger partial charge < -0.3 is 26.0 Å². The van der Waals surface area contributed by atoms with Crippen LogP contribution in [0.4, 0.5) is 17.1 Å².